The summed E-state index contributed by atoms with van der Waals surface area (Å²) in [6.45, 7) is 6.38. The highest BCUT2D eigenvalue weighted by molar-refractivity contribution is 5.98. The van der Waals surface area contributed by atoms with E-state index < -0.39 is 6.10 Å². The van der Waals surface area contributed by atoms with Crippen molar-refractivity contribution in [2.75, 3.05) is 26.7 Å². The van der Waals surface area contributed by atoms with E-state index >= 15 is 0 Å². The van der Waals surface area contributed by atoms with Crippen molar-refractivity contribution in [1.82, 2.24) is 14.8 Å². The second-order valence-electron chi connectivity index (χ2n) is 9.57. The summed E-state index contributed by atoms with van der Waals surface area (Å²) in [4.78, 5) is 34.5. The zero-order valence-corrected chi connectivity index (χ0v) is 21.2. The van der Waals surface area contributed by atoms with E-state index in [1.165, 1.54) is 0 Å². The Hall–Kier alpha value is -3.71. The zero-order valence-electron chi connectivity index (χ0n) is 21.2. The Morgan fingerprint density at radius 2 is 1.86 bits per heavy atom. The van der Waals surface area contributed by atoms with Gasteiger partial charge < -0.3 is 19.6 Å². The number of benzene rings is 2. The molecule has 0 unspecified atom stereocenters. The summed E-state index contributed by atoms with van der Waals surface area (Å²) in [6, 6.07) is 18.5. The Labute approximate surface area is 212 Å². The normalized spacial score (nSPS) is 18.5. The van der Waals surface area contributed by atoms with Crippen molar-refractivity contribution >= 4 is 11.8 Å². The summed E-state index contributed by atoms with van der Waals surface area (Å²) >= 11 is 0. The molecule has 2 amide bonds. The minimum Gasteiger partial charge on any atom is -0.472 e. The van der Waals surface area contributed by atoms with Gasteiger partial charge in [-0.3, -0.25) is 9.59 Å². The van der Waals surface area contributed by atoms with E-state index in [2.05, 4.69) is 4.98 Å². The smallest absolute Gasteiger partial charge is 0.259 e. The molecule has 0 spiro atoms. The van der Waals surface area contributed by atoms with Crippen LogP contribution in [0.5, 0.6) is 5.88 Å². The lowest BCUT2D eigenvalue weighted by molar-refractivity contribution is 0.0313. The van der Waals surface area contributed by atoms with Crippen LogP contribution in [-0.2, 0) is 0 Å². The van der Waals surface area contributed by atoms with E-state index in [1.54, 1.807) is 35.2 Å². The molecule has 36 heavy (non-hydrogen) atoms. The number of hydrogen-bond donors (Lipinski definition) is 1. The van der Waals surface area contributed by atoms with Crippen molar-refractivity contribution in [2.45, 2.75) is 32.9 Å². The van der Waals surface area contributed by atoms with Crippen molar-refractivity contribution in [1.29, 1.82) is 0 Å². The lowest BCUT2D eigenvalue weighted by atomic mass is 9.98. The summed E-state index contributed by atoms with van der Waals surface area (Å²) in [5.41, 5.74) is 3.84. The molecule has 7 nitrogen and oxygen atoms in total. The number of hydrogen-bond acceptors (Lipinski definition) is 5. The Morgan fingerprint density at radius 3 is 2.56 bits per heavy atom. The largest absolute Gasteiger partial charge is 0.472 e. The second kappa shape index (κ2) is 10.9. The van der Waals surface area contributed by atoms with E-state index in [0.29, 0.717) is 24.2 Å². The SMILES string of the molecule is Cc1ccccc1-c1cnc2c(c1)C(=O)N([C@@H](C)CO)C[C@H](C)[C@@H](CN(C)C(=O)c1ccccc1)O2. The van der Waals surface area contributed by atoms with Gasteiger partial charge in [0.2, 0.25) is 5.88 Å². The molecule has 0 saturated carbocycles. The molecule has 0 radical (unpaired) electrons. The van der Waals surface area contributed by atoms with Gasteiger partial charge in [-0.2, -0.15) is 0 Å². The third-order valence-corrected chi connectivity index (χ3v) is 6.80. The maximum absolute atomic E-state index is 13.7. The number of nitrogens with zero attached hydrogens (tertiary/aromatic N) is 3. The zero-order chi connectivity index (χ0) is 25.8. The van der Waals surface area contributed by atoms with E-state index in [1.807, 2.05) is 69.3 Å². The highest BCUT2D eigenvalue weighted by atomic mass is 16.5. The maximum Gasteiger partial charge on any atom is 0.259 e. The molecular formula is C29H33N3O4. The minimum absolute atomic E-state index is 0.104. The fraction of sp³-hybridized carbons (Fsp3) is 0.345. The van der Waals surface area contributed by atoms with Gasteiger partial charge in [0, 0.05) is 36.8 Å². The van der Waals surface area contributed by atoms with Crippen LogP contribution in [0.4, 0.5) is 0 Å². The molecule has 188 valence electrons. The molecule has 1 aromatic heterocycles. The predicted molar refractivity (Wildman–Crippen MR) is 139 cm³/mol. The lowest BCUT2D eigenvalue weighted by Crippen LogP contribution is -2.50. The number of fused-ring (bicyclic) bond motifs is 1. The van der Waals surface area contributed by atoms with Crippen LogP contribution in [0.25, 0.3) is 11.1 Å². The number of ether oxygens (including phenoxy) is 1. The van der Waals surface area contributed by atoms with Crippen LogP contribution < -0.4 is 4.74 Å². The average Bonchev–Trinajstić information content (AvgIpc) is 2.90. The maximum atomic E-state index is 13.7. The molecule has 3 aromatic rings. The number of aliphatic hydroxyl groups is 1. The van der Waals surface area contributed by atoms with E-state index in [9.17, 15) is 14.7 Å². The third-order valence-electron chi connectivity index (χ3n) is 6.80. The molecule has 1 aliphatic heterocycles. The predicted octanol–water partition coefficient (Wildman–Crippen LogP) is 4.05. The van der Waals surface area contributed by atoms with Crippen LogP contribution in [0.15, 0.2) is 66.9 Å². The first-order chi connectivity index (χ1) is 17.3. The fourth-order valence-electron chi connectivity index (χ4n) is 4.52. The molecule has 0 bridgehead atoms. The molecule has 7 heteroatoms. The van der Waals surface area contributed by atoms with Gasteiger partial charge in [-0.05, 0) is 43.2 Å². The summed E-state index contributed by atoms with van der Waals surface area (Å²) in [5, 5.41) is 9.89. The number of rotatable bonds is 6. The van der Waals surface area contributed by atoms with Gasteiger partial charge in [0.15, 0.2) is 0 Å². The van der Waals surface area contributed by atoms with Crippen LogP contribution in [0.2, 0.25) is 0 Å². The van der Waals surface area contributed by atoms with Gasteiger partial charge in [0.1, 0.15) is 11.7 Å². The number of pyridine rings is 1. The van der Waals surface area contributed by atoms with Crippen molar-refractivity contribution in [3.8, 4) is 17.0 Å². The minimum atomic E-state index is -0.403. The Balaban J connectivity index is 1.70. The van der Waals surface area contributed by atoms with Crippen molar-refractivity contribution < 1.29 is 19.4 Å². The standard InChI is InChI=1S/C29H33N3O4/c1-19-10-8-9-13-24(19)23-14-25-27(30-15-23)36-26(20(2)16-32(29(25)35)21(3)18-33)17-31(4)28(34)22-11-6-5-7-12-22/h5-15,20-21,26,33H,16-18H2,1-4H3/t20-,21-,26+/m0/s1. The second-order valence-corrected chi connectivity index (χ2v) is 9.57. The highest BCUT2D eigenvalue weighted by Crippen LogP contribution is 2.31. The molecule has 4 rings (SSSR count). The molecule has 2 heterocycles. The van der Waals surface area contributed by atoms with Gasteiger partial charge in [0.05, 0.1) is 19.2 Å². The molecule has 0 saturated heterocycles. The van der Waals surface area contributed by atoms with Gasteiger partial charge in [-0.15, -0.1) is 0 Å². The molecule has 0 fully saturated rings. The van der Waals surface area contributed by atoms with E-state index in [-0.39, 0.29) is 36.3 Å². The van der Waals surface area contributed by atoms with Crippen molar-refractivity contribution in [3.05, 3.63) is 83.6 Å². The van der Waals surface area contributed by atoms with Gasteiger partial charge in [-0.1, -0.05) is 49.4 Å². The third kappa shape index (κ3) is 5.26. The van der Waals surface area contributed by atoms with E-state index in [0.717, 1.165) is 16.7 Å². The summed E-state index contributed by atoms with van der Waals surface area (Å²) in [5.74, 6) is -0.203. The lowest BCUT2D eigenvalue weighted by Gasteiger charge is -2.37. The fourth-order valence-corrected chi connectivity index (χ4v) is 4.52. The van der Waals surface area contributed by atoms with Crippen LogP contribution in [0.1, 0.15) is 40.1 Å². The number of carbonyl (C=O) groups is 2. The Morgan fingerprint density at radius 1 is 1.17 bits per heavy atom. The summed E-state index contributed by atoms with van der Waals surface area (Å²) in [6.07, 6.45) is 1.32. The monoisotopic (exact) mass is 487 g/mol. The van der Waals surface area contributed by atoms with Crippen LogP contribution in [0, 0.1) is 12.8 Å². The molecule has 1 N–H and O–H groups in total. The van der Waals surface area contributed by atoms with Crippen LogP contribution >= 0.6 is 0 Å². The highest BCUT2D eigenvalue weighted by Gasteiger charge is 2.35. The summed E-state index contributed by atoms with van der Waals surface area (Å²) in [7, 11) is 1.75. The van der Waals surface area contributed by atoms with E-state index in [4.69, 9.17) is 4.74 Å². The first-order valence-electron chi connectivity index (χ1n) is 12.2. The number of amides is 2. The molecular weight excluding hydrogens is 454 g/mol. The quantitative estimate of drug-likeness (QED) is 0.567. The number of aliphatic hydroxyl groups excluding tert-OH is 1. The van der Waals surface area contributed by atoms with Crippen LogP contribution in [0.3, 0.4) is 0 Å². The van der Waals surface area contributed by atoms with Crippen molar-refractivity contribution in [2.24, 2.45) is 5.92 Å². The number of aryl methyl sites for hydroxylation is 1. The van der Waals surface area contributed by atoms with Crippen LogP contribution in [-0.4, -0.2) is 70.6 Å². The number of likely N-dealkylation sites (N-methyl/N-ethyl adjacent to an activating group) is 1. The number of carbonyl (C=O) groups excluding carboxylic acids is 2. The number of aromatic nitrogens is 1. The molecule has 0 aliphatic carbocycles. The van der Waals surface area contributed by atoms with Gasteiger partial charge in [0.25, 0.3) is 11.8 Å². The summed E-state index contributed by atoms with van der Waals surface area (Å²) < 4.78 is 6.34. The van der Waals surface area contributed by atoms with Crippen molar-refractivity contribution in [3.63, 3.8) is 0 Å². The average molecular weight is 488 g/mol. The van der Waals surface area contributed by atoms with Gasteiger partial charge >= 0.3 is 0 Å². The Kier molecular flexibility index (Phi) is 7.70. The molecule has 2 aromatic carbocycles. The topological polar surface area (TPSA) is 83.0 Å². The molecule has 3 atom stereocenters. The first-order valence-corrected chi connectivity index (χ1v) is 12.2. The molecule has 1 aliphatic rings. The first kappa shape index (κ1) is 25.4. The van der Waals surface area contributed by atoms with Gasteiger partial charge in [-0.25, -0.2) is 4.98 Å². The Bertz CT molecular complexity index is 1230.